The van der Waals surface area contributed by atoms with Gasteiger partial charge in [-0.3, -0.25) is 9.78 Å². The smallest absolute Gasteiger partial charge is 0.275 e. The third kappa shape index (κ3) is 3.91. The number of hydrogen-bond donors (Lipinski definition) is 1. The van der Waals surface area contributed by atoms with Crippen molar-refractivity contribution in [2.24, 2.45) is 0 Å². The summed E-state index contributed by atoms with van der Waals surface area (Å²) in [5.74, 6) is 0.377. The Hall–Kier alpha value is -3.80. The first-order chi connectivity index (χ1) is 14.2. The number of carbonyl (C=O) groups is 1. The van der Waals surface area contributed by atoms with Gasteiger partial charge in [-0.2, -0.15) is 0 Å². The summed E-state index contributed by atoms with van der Waals surface area (Å²) in [5.41, 5.74) is 3.86. The minimum Gasteiger partial charge on any atom is -0.325 e. The molecule has 0 radical (unpaired) electrons. The Morgan fingerprint density at radius 3 is 2.59 bits per heavy atom. The van der Waals surface area contributed by atoms with Crippen LogP contribution in [0.4, 0.5) is 17.2 Å². The zero-order valence-electron chi connectivity index (χ0n) is 16.3. The molecular weight excluding hydrogens is 362 g/mol. The van der Waals surface area contributed by atoms with E-state index in [0.717, 1.165) is 23.1 Å². The van der Waals surface area contributed by atoms with Gasteiger partial charge in [0.25, 0.3) is 5.91 Å². The molecule has 1 N–H and O–H groups in total. The van der Waals surface area contributed by atoms with Crippen LogP contribution >= 0.6 is 0 Å². The summed E-state index contributed by atoms with van der Waals surface area (Å²) in [6.07, 6.45) is 4.83. The average Bonchev–Trinajstić information content (AvgIpc) is 2.75. The van der Waals surface area contributed by atoms with E-state index in [1.165, 1.54) is 11.8 Å². The van der Waals surface area contributed by atoms with Crippen molar-refractivity contribution in [1.29, 1.82) is 0 Å². The van der Waals surface area contributed by atoms with E-state index in [9.17, 15) is 4.79 Å². The van der Waals surface area contributed by atoms with Crippen LogP contribution in [0.25, 0.3) is 10.9 Å². The summed E-state index contributed by atoms with van der Waals surface area (Å²) < 4.78 is 0. The van der Waals surface area contributed by atoms with E-state index >= 15 is 0 Å². The Bertz CT molecular complexity index is 1150. The summed E-state index contributed by atoms with van der Waals surface area (Å²) in [6.45, 7) is 4.85. The van der Waals surface area contributed by atoms with Crippen molar-refractivity contribution < 1.29 is 4.79 Å². The maximum atomic E-state index is 12.7. The lowest BCUT2D eigenvalue weighted by molar-refractivity contribution is 0.102. The van der Waals surface area contributed by atoms with Crippen molar-refractivity contribution in [2.45, 2.75) is 13.8 Å². The number of amides is 1. The minimum absolute atomic E-state index is 0.252. The Balaban J connectivity index is 1.56. The molecule has 4 aromatic rings. The fraction of sp³-hybridized carbons (Fsp3) is 0.130. The molecule has 2 heterocycles. The number of nitrogens with zero attached hydrogens (tertiary/aromatic N) is 4. The lowest BCUT2D eigenvalue weighted by atomic mass is 10.2. The molecule has 0 aliphatic heterocycles. The number of para-hydroxylation sites is 1. The molecule has 1 amide bonds. The number of anilines is 3. The summed E-state index contributed by atoms with van der Waals surface area (Å²) in [5, 5.41) is 3.85. The second kappa shape index (κ2) is 8.06. The van der Waals surface area contributed by atoms with Crippen molar-refractivity contribution in [3.8, 4) is 0 Å². The molecule has 2 aromatic heterocycles. The molecule has 0 saturated heterocycles. The highest BCUT2D eigenvalue weighted by molar-refractivity contribution is 6.07. The molecule has 0 aliphatic carbocycles. The summed E-state index contributed by atoms with van der Waals surface area (Å²) in [6, 6.07) is 17.7. The van der Waals surface area contributed by atoms with Crippen LogP contribution in [0, 0.1) is 6.92 Å². The molecular formula is C23H21N5O. The number of rotatable bonds is 5. The number of hydrogen-bond acceptors (Lipinski definition) is 5. The molecule has 0 spiro atoms. The van der Waals surface area contributed by atoms with Crippen LogP contribution in [0.1, 0.15) is 23.0 Å². The van der Waals surface area contributed by atoms with Gasteiger partial charge >= 0.3 is 0 Å². The summed E-state index contributed by atoms with van der Waals surface area (Å²) in [7, 11) is 0. The molecule has 0 bridgehead atoms. The number of fused-ring (bicyclic) bond motifs is 1. The predicted octanol–water partition coefficient (Wildman–Crippen LogP) is 4.74. The monoisotopic (exact) mass is 383 g/mol. The quantitative estimate of drug-likeness (QED) is 0.539. The average molecular weight is 383 g/mol. The van der Waals surface area contributed by atoms with E-state index in [1.54, 1.807) is 12.4 Å². The fourth-order valence-corrected chi connectivity index (χ4v) is 3.24. The maximum absolute atomic E-state index is 12.7. The van der Waals surface area contributed by atoms with E-state index in [-0.39, 0.29) is 11.6 Å². The number of aromatic nitrogens is 3. The zero-order valence-corrected chi connectivity index (χ0v) is 16.3. The first kappa shape index (κ1) is 18.6. The molecule has 0 unspecified atom stereocenters. The van der Waals surface area contributed by atoms with Gasteiger partial charge in [-0.1, -0.05) is 30.3 Å². The van der Waals surface area contributed by atoms with Crippen molar-refractivity contribution in [2.75, 3.05) is 16.8 Å². The first-order valence-electron chi connectivity index (χ1n) is 9.47. The summed E-state index contributed by atoms with van der Waals surface area (Å²) >= 11 is 0. The van der Waals surface area contributed by atoms with E-state index in [4.69, 9.17) is 0 Å². The highest BCUT2D eigenvalue weighted by atomic mass is 16.1. The van der Waals surface area contributed by atoms with Gasteiger partial charge in [0.1, 0.15) is 5.69 Å². The van der Waals surface area contributed by atoms with Crippen molar-refractivity contribution in [1.82, 2.24) is 15.0 Å². The number of aryl methyl sites for hydroxylation is 1. The number of nitrogens with one attached hydrogen (secondary N) is 1. The third-order valence-corrected chi connectivity index (χ3v) is 4.66. The Labute approximate surface area is 169 Å². The lowest BCUT2D eigenvalue weighted by Gasteiger charge is -2.22. The van der Waals surface area contributed by atoms with Crippen molar-refractivity contribution in [3.63, 3.8) is 0 Å². The SMILES string of the molecule is CCN(c1cccc(C)c1)c1cnc(C(=O)Nc2cccc3cccnc23)cn1. The van der Waals surface area contributed by atoms with Crippen LogP contribution in [0.2, 0.25) is 0 Å². The van der Waals surface area contributed by atoms with Gasteiger partial charge in [0.05, 0.1) is 23.6 Å². The Morgan fingerprint density at radius 1 is 1.00 bits per heavy atom. The molecule has 0 saturated carbocycles. The first-order valence-corrected chi connectivity index (χ1v) is 9.47. The molecule has 0 atom stereocenters. The molecule has 0 fully saturated rings. The van der Waals surface area contributed by atoms with Gasteiger partial charge in [0.15, 0.2) is 5.82 Å². The topological polar surface area (TPSA) is 71.0 Å². The molecule has 6 heteroatoms. The van der Waals surface area contributed by atoms with Gasteiger partial charge in [0, 0.05) is 23.8 Å². The maximum Gasteiger partial charge on any atom is 0.275 e. The van der Waals surface area contributed by atoms with Crippen molar-refractivity contribution in [3.05, 3.63) is 84.4 Å². The molecule has 6 nitrogen and oxygen atoms in total. The van der Waals surface area contributed by atoms with E-state index < -0.39 is 0 Å². The largest absolute Gasteiger partial charge is 0.325 e. The number of carbonyl (C=O) groups excluding carboxylic acids is 1. The Morgan fingerprint density at radius 2 is 1.83 bits per heavy atom. The van der Waals surface area contributed by atoms with Crippen LogP contribution in [-0.2, 0) is 0 Å². The van der Waals surface area contributed by atoms with Gasteiger partial charge in [-0.05, 0) is 43.7 Å². The molecule has 4 rings (SSSR count). The van der Waals surface area contributed by atoms with Gasteiger partial charge in [-0.25, -0.2) is 9.97 Å². The van der Waals surface area contributed by atoms with E-state index in [0.29, 0.717) is 11.5 Å². The minimum atomic E-state index is -0.319. The van der Waals surface area contributed by atoms with Gasteiger partial charge in [0.2, 0.25) is 0 Å². The second-order valence-electron chi connectivity index (χ2n) is 6.68. The number of pyridine rings is 1. The lowest BCUT2D eigenvalue weighted by Crippen LogP contribution is -2.19. The molecule has 29 heavy (non-hydrogen) atoms. The van der Waals surface area contributed by atoms with Gasteiger partial charge < -0.3 is 10.2 Å². The molecule has 2 aromatic carbocycles. The molecule has 144 valence electrons. The van der Waals surface area contributed by atoms with E-state index in [2.05, 4.69) is 51.1 Å². The third-order valence-electron chi connectivity index (χ3n) is 4.66. The zero-order chi connectivity index (χ0) is 20.2. The van der Waals surface area contributed by atoms with Crippen molar-refractivity contribution >= 4 is 34.0 Å². The van der Waals surface area contributed by atoms with Crippen LogP contribution in [0.15, 0.2) is 73.2 Å². The fourth-order valence-electron chi connectivity index (χ4n) is 3.24. The highest BCUT2D eigenvalue weighted by Gasteiger charge is 2.14. The standard InChI is InChI=1S/C23H21N5O/c1-3-28(18-10-4-7-16(2)13-18)21-15-25-20(14-26-21)23(29)27-19-11-5-8-17-9-6-12-24-22(17)19/h4-15H,3H2,1-2H3,(H,27,29). The second-order valence-corrected chi connectivity index (χ2v) is 6.68. The van der Waals surface area contributed by atoms with Crippen LogP contribution < -0.4 is 10.2 Å². The van der Waals surface area contributed by atoms with Crippen LogP contribution in [0.5, 0.6) is 0 Å². The van der Waals surface area contributed by atoms with E-state index in [1.807, 2.05) is 42.5 Å². The number of benzene rings is 2. The van der Waals surface area contributed by atoms with Crippen LogP contribution in [0.3, 0.4) is 0 Å². The predicted molar refractivity (Wildman–Crippen MR) is 116 cm³/mol. The highest BCUT2D eigenvalue weighted by Crippen LogP contribution is 2.24. The molecule has 0 aliphatic rings. The summed E-state index contributed by atoms with van der Waals surface area (Å²) in [4.78, 5) is 27.9. The van der Waals surface area contributed by atoms with Crippen LogP contribution in [-0.4, -0.2) is 27.4 Å². The normalized spacial score (nSPS) is 10.7. The Kier molecular flexibility index (Phi) is 5.16. The van der Waals surface area contributed by atoms with Gasteiger partial charge in [-0.15, -0.1) is 0 Å².